The van der Waals surface area contributed by atoms with Gasteiger partial charge in [-0.1, -0.05) is 25.3 Å². The number of carboxylic acid groups (broad SMARTS) is 1. The van der Waals surface area contributed by atoms with Crippen molar-refractivity contribution in [1.82, 2.24) is 0 Å². The van der Waals surface area contributed by atoms with E-state index in [-0.39, 0.29) is 0 Å². The molecule has 0 bridgehead atoms. The predicted molar refractivity (Wildman–Crippen MR) is 72.6 cm³/mol. The molecule has 4 heteroatoms. The van der Waals surface area contributed by atoms with E-state index in [0.717, 1.165) is 17.2 Å². The van der Waals surface area contributed by atoms with Gasteiger partial charge in [0.05, 0.1) is 6.61 Å². The van der Waals surface area contributed by atoms with Crippen molar-refractivity contribution in [1.29, 1.82) is 0 Å². The summed E-state index contributed by atoms with van der Waals surface area (Å²) in [6.07, 6.45) is 6.81. The summed E-state index contributed by atoms with van der Waals surface area (Å²) in [5.74, 6) is 0.356. The van der Waals surface area contributed by atoms with E-state index in [1.165, 1.54) is 31.0 Å². The van der Waals surface area contributed by atoms with Gasteiger partial charge in [-0.05, 0) is 30.7 Å². The first-order valence-electron chi connectivity index (χ1n) is 6.25. The van der Waals surface area contributed by atoms with E-state index in [1.807, 2.05) is 18.4 Å². The number of thioether (sulfide) groups is 1. The van der Waals surface area contributed by atoms with Crippen molar-refractivity contribution >= 4 is 17.7 Å². The molecule has 1 saturated carbocycles. The molecule has 3 nitrogen and oxygen atoms in total. The molecule has 1 aromatic rings. The van der Waals surface area contributed by atoms with Crippen molar-refractivity contribution in [3.05, 3.63) is 23.8 Å². The van der Waals surface area contributed by atoms with Gasteiger partial charge in [-0.2, -0.15) is 0 Å². The van der Waals surface area contributed by atoms with E-state index in [4.69, 9.17) is 4.74 Å². The van der Waals surface area contributed by atoms with Crippen LogP contribution < -0.4 is 4.74 Å². The van der Waals surface area contributed by atoms with E-state index in [2.05, 4.69) is 0 Å². The van der Waals surface area contributed by atoms with Crippen LogP contribution in [0.1, 0.15) is 36.0 Å². The Bertz CT molecular complexity index is 427. The number of hydrogen-bond acceptors (Lipinski definition) is 3. The van der Waals surface area contributed by atoms with Gasteiger partial charge in [0.25, 0.3) is 0 Å². The van der Waals surface area contributed by atoms with Gasteiger partial charge in [-0.25, -0.2) is 4.79 Å². The lowest BCUT2D eigenvalue weighted by Crippen LogP contribution is -2.15. The van der Waals surface area contributed by atoms with Crippen molar-refractivity contribution < 1.29 is 14.6 Å². The second-order valence-electron chi connectivity index (χ2n) is 4.57. The smallest absolute Gasteiger partial charge is 0.340 e. The van der Waals surface area contributed by atoms with Gasteiger partial charge >= 0.3 is 5.97 Å². The van der Waals surface area contributed by atoms with Crippen LogP contribution in [0.4, 0.5) is 0 Å². The molecule has 0 atom stereocenters. The monoisotopic (exact) mass is 266 g/mol. The molecule has 0 saturated heterocycles. The van der Waals surface area contributed by atoms with Gasteiger partial charge < -0.3 is 9.84 Å². The zero-order chi connectivity index (χ0) is 13.0. The summed E-state index contributed by atoms with van der Waals surface area (Å²) in [5, 5.41) is 9.25. The fourth-order valence-electron chi connectivity index (χ4n) is 2.13. The molecule has 1 N–H and O–H groups in total. The Labute approximate surface area is 112 Å². The summed E-state index contributed by atoms with van der Waals surface area (Å²) < 4.78 is 5.65. The average molecular weight is 266 g/mol. The Morgan fingerprint density at radius 3 is 2.83 bits per heavy atom. The molecule has 1 aliphatic carbocycles. The number of carbonyl (C=O) groups is 1. The Hall–Kier alpha value is -1.16. The lowest BCUT2D eigenvalue weighted by atomic mass is 9.83. The minimum atomic E-state index is -0.918. The minimum Gasteiger partial charge on any atom is -0.493 e. The standard InChI is InChI=1S/C14H18O3S/c1-18-12-7-3-6-11(13(12)14(15)16)17-9-8-10-4-2-5-10/h3,6-7,10H,2,4-5,8-9H2,1H3,(H,15,16). The predicted octanol–water partition coefficient (Wildman–Crippen LogP) is 3.68. The fraction of sp³-hybridized carbons (Fsp3) is 0.500. The molecule has 1 aliphatic rings. The van der Waals surface area contributed by atoms with Gasteiger partial charge in [-0.3, -0.25) is 0 Å². The fourth-order valence-corrected chi connectivity index (χ4v) is 2.74. The van der Waals surface area contributed by atoms with Crippen molar-refractivity contribution in [2.45, 2.75) is 30.6 Å². The number of benzene rings is 1. The van der Waals surface area contributed by atoms with Gasteiger partial charge in [0.2, 0.25) is 0 Å². The van der Waals surface area contributed by atoms with Crippen LogP contribution in [0.25, 0.3) is 0 Å². The highest BCUT2D eigenvalue weighted by atomic mass is 32.2. The van der Waals surface area contributed by atoms with Crippen molar-refractivity contribution in [3.8, 4) is 5.75 Å². The van der Waals surface area contributed by atoms with Crippen molar-refractivity contribution in [2.24, 2.45) is 5.92 Å². The van der Waals surface area contributed by atoms with Crippen molar-refractivity contribution in [3.63, 3.8) is 0 Å². The molecule has 0 heterocycles. The van der Waals surface area contributed by atoms with E-state index in [1.54, 1.807) is 6.07 Å². The third-order valence-corrected chi connectivity index (χ3v) is 4.21. The van der Waals surface area contributed by atoms with Crippen LogP contribution in [0.3, 0.4) is 0 Å². The van der Waals surface area contributed by atoms with Crippen molar-refractivity contribution in [2.75, 3.05) is 12.9 Å². The highest BCUT2D eigenvalue weighted by Crippen LogP contribution is 2.31. The molecule has 0 aliphatic heterocycles. The first-order valence-corrected chi connectivity index (χ1v) is 7.48. The third kappa shape index (κ3) is 2.99. The molecule has 1 fully saturated rings. The van der Waals surface area contributed by atoms with Gasteiger partial charge in [-0.15, -0.1) is 11.8 Å². The molecular formula is C14H18O3S. The van der Waals surface area contributed by atoms with Crippen LogP contribution >= 0.6 is 11.8 Å². The van der Waals surface area contributed by atoms with Crippen LogP contribution in [0.2, 0.25) is 0 Å². The molecule has 0 aromatic heterocycles. The minimum absolute atomic E-state index is 0.290. The summed E-state index contributed by atoms with van der Waals surface area (Å²) in [4.78, 5) is 12.0. The second kappa shape index (κ2) is 6.14. The summed E-state index contributed by atoms with van der Waals surface area (Å²) in [6.45, 7) is 0.614. The van der Waals surface area contributed by atoms with E-state index in [9.17, 15) is 9.90 Å². The molecule has 0 spiro atoms. The number of rotatable bonds is 6. The number of ether oxygens (including phenoxy) is 1. The quantitative estimate of drug-likeness (QED) is 0.798. The van der Waals surface area contributed by atoms with Crippen LogP contribution in [-0.4, -0.2) is 23.9 Å². The molecule has 98 valence electrons. The zero-order valence-corrected chi connectivity index (χ0v) is 11.3. The maximum Gasteiger partial charge on any atom is 0.340 e. The number of hydrogen-bond donors (Lipinski definition) is 1. The number of carboxylic acids is 1. The summed E-state index contributed by atoms with van der Waals surface area (Å²) in [5.41, 5.74) is 0.290. The molecule has 0 radical (unpaired) electrons. The SMILES string of the molecule is CSc1cccc(OCCC2CCC2)c1C(=O)O. The topological polar surface area (TPSA) is 46.5 Å². The highest BCUT2D eigenvalue weighted by Gasteiger charge is 2.19. The molecule has 1 aromatic carbocycles. The first kappa shape index (κ1) is 13.3. The van der Waals surface area contributed by atoms with E-state index in [0.29, 0.717) is 17.9 Å². The van der Waals surface area contributed by atoms with E-state index < -0.39 is 5.97 Å². The first-order chi connectivity index (χ1) is 8.72. The van der Waals surface area contributed by atoms with Gasteiger partial charge in [0.15, 0.2) is 0 Å². The van der Waals surface area contributed by atoms with Gasteiger partial charge in [0, 0.05) is 4.90 Å². The Balaban J connectivity index is 2.03. The Morgan fingerprint density at radius 1 is 1.50 bits per heavy atom. The van der Waals surface area contributed by atoms with Crippen LogP contribution in [0, 0.1) is 5.92 Å². The Morgan fingerprint density at radius 2 is 2.28 bits per heavy atom. The van der Waals surface area contributed by atoms with E-state index >= 15 is 0 Å². The zero-order valence-electron chi connectivity index (χ0n) is 10.5. The summed E-state index contributed by atoms with van der Waals surface area (Å²) in [6, 6.07) is 5.40. The molecular weight excluding hydrogens is 248 g/mol. The Kier molecular flexibility index (Phi) is 4.53. The molecule has 2 rings (SSSR count). The molecule has 18 heavy (non-hydrogen) atoms. The maximum absolute atomic E-state index is 11.3. The largest absolute Gasteiger partial charge is 0.493 e. The van der Waals surface area contributed by atoms with Crippen LogP contribution in [-0.2, 0) is 0 Å². The third-order valence-electron chi connectivity index (χ3n) is 3.43. The lowest BCUT2D eigenvalue weighted by Gasteiger charge is -2.25. The van der Waals surface area contributed by atoms with Crippen LogP contribution in [0.5, 0.6) is 5.75 Å². The lowest BCUT2D eigenvalue weighted by molar-refractivity contribution is 0.0687. The summed E-state index contributed by atoms with van der Waals surface area (Å²) in [7, 11) is 0. The molecule has 0 unspecified atom stereocenters. The molecule has 0 amide bonds. The van der Waals surface area contributed by atoms with Gasteiger partial charge in [0.1, 0.15) is 11.3 Å². The highest BCUT2D eigenvalue weighted by molar-refractivity contribution is 7.98. The average Bonchev–Trinajstić information content (AvgIpc) is 2.31. The summed E-state index contributed by atoms with van der Waals surface area (Å²) >= 11 is 1.43. The maximum atomic E-state index is 11.3. The second-order valence-corrected chi connectivity index (χ2v) is 5.42. The normalized spacial score (nSPS) is 15.2. The van der Waals surface area contributed by atoms with Crippen LogP contribution in [0.15, 0.2) is 23.1 Å². The number of aromatic carboxylic acids is 1.